The molecule has 0 saturated heterocycles. The summed E-state index contributed by atoms with van der Waals surface area (Å²) in [6.45, 7) is 3.60. The number of sulfonamides is 2. The maximum absolute atomic E-state index is 13.0. The number of nitrogens with one attached hydrogen (secondary N) is 2. The lowest BCUT2D eigenvalue weighted by molar-refractivity contribution is -0.117. The first kappa shape index (κ1) is 25.2. The molecule has 11 heteroatoms. The first-order chi connectivity index (χ1) is 16.0. The van der Waals surface area contributed by atoms with Gasteiger partial charge in [-0.2, -0.15) is 0 Å². The van der Waals surface area contributed by atoms with Crippen LogP contribution in [0.15, 0.2) is 78.0 Å². The molecule has 180 valence electrons. The Morgan fingerprint density at radius 1 is 0.971 bits per heavy atom. The fraction of sp³-hybridized carbons (Fsp3) is 0.217. The van der Waals surface area contributed by atoms with Crippen LogP contribution in [-0.4, -0.2) is 40.0 Å². The molecule has 9 nitrogen and oxygen atoms in total. The van der Waals surface area contributed by atoms with Crippen molar-refractivity contribution >= 4 is 43.0 Å². The number of aryl methyl sites for hydroxylation is 1. The second-order valence-corrected chi connectivity index (χ2v) is 11.2. The lowest BCUT2D eigenvalue weighted by Crippen LogP contribution is -2.47. The third-order valence-electron chi connectivity index (χ3n) is 4.96. The van der Waals surface area contributed by atoms with Crippen molar-refractivity contribution in [3.05, 3.63) is 78.6 Å². The molecule has 3 rings (SSSR count). The number of carbonyl (C=O) groups is 1. The van der Waals surface area contributed by atoms with Gasteiger partial charge in [0.2, 0.25) is 15.9 Å². The zero-order chi connectivity index (χ0) is 24.9. The van der Waals surface area contributed by atoms with Gasteiger partial charge in [0.1, 0.15) is 6.04 Å². The summed E-state index contributed by atoms with van der Waals surface area (Å²) in [5.41, 5.74) is 2.00. The van der Waals surface area contributed by atoms with E-state index >= 15 is 0 Å². The van der Waals surface area contributed by atoms with Gasteiger partial charge in [0.05, 0.1) is 28.7 Å². The summed E-state index contributed by atoms with van der Waals surface area (Å²) in [6, 6.07) is 14.6. The number of benzene rings is 2. The number of hydrogen-bond donors (Lipinski definition) is 2. The van der Waals surface area contributed by atoms with Crippen LogP contribution in [0, 0.1) is 6.92 Å². The van der Waals surface area contributed by atoms with Crippen LogP contribution in [0.25, 0.3) is 0 Å². The van der Waals surface area contributed by atoms with E-state index in [4.69, 9.17) is 0 Å². The predicted molar refractivity (Wildman–Crippen MR) is 133 cm³/mol. The molecule has 0 spiro atoms. The third kappa shape index (κ3) is 6.12. The molecule has 0 saturated carbocycles. The number of nitrogens with zero attached hydrogens (tertiary/aromatic N) is 2. The van der Waals surface area contributed by atoms with Crippen LogP contribution in [0.5, 0.6) is 0 Å². The number of anilines is 3. The molecule has 0 aliphatic rings. The van der Waals surface area contributed by atoms with Gasteiger partial charge in [-0.3, -0.25) is 18.8 Å². The minimum Gasteiger partial charge on any atom is -0.324 e. The van der Waals surface area contributed by atoms with Crippen LogP contribution in [0.2, 0.25) is 0 Å². The number of amides is 1. The van der Waals surface area contributed by atoms with Crippen molar-refractivity contribution < 1.29 is 21.6 Å². The smallest absolute Gasteiger partial charge is 0.261 e. The van der Waals surface area contributed by atoms with Gasteiger partial charge in [-0.1, -0.05) is 24.6 Å². The fourth-order valence-electron chi connectivity index (χ4n) is 3.33. The first-order valence-corrected chi connectivity index (χ1v) is 13.7. The molecule has 3 aromatic rings. The summed E-state index contributed by atoms with van der Waals surface area (Å²) < 4.78 is 53.8. The van der Waals surface area contributed by atoms with E-state index < -0.39 is 32.0 Å². The zero-order valence-electron chi connectivity index (χ0n) is 19.0. The quantitative estimate of drug-likeness (QED) is 0.462. The minimum atomic E-state index is -3.84. The highest BCUT2D eigenvalue weighted by Gasteiger charge is 2.31. The van der Waals surface area contributed by atoms with Crippen molar-refractivity contribution in [3.8, 4) is 0 Å². The number of hydrogen-bond acceptors (Lipinski definition) is 6. The van der Waals surface area contributed by atoms with Gasteiger partial charge in [-0.15, -0.1) is 0 Å². The molecule has 0 radical (unpaired) electrons. The highest BCUT2D eigenvalue weighted by molar-refractivity contribution is 7.92. The molecule has 1 aromatic heterocycles. The van der Waals surface area contributed by atoms with Gasteiger partial charge in [-0.05, 0) is 61.9 Å². The topological polar surface area (TPSA) is 126 Å². The minimum absolute atomic E-state index is 0.00110. The highest BCUT2D eigenvalue weighted by Crippen LogP contribution is 2.24. The Morgan fingerprint density at radius 2 is 1.62 bits per heavy atom. The molecule has 0 fully saturated rings. The second kappa shape index (κ2) is 10.2. The van der Waals surface area contributed by atoms with E-state index in [0.29, 0.717) is 17.1 Å². The summed E-state index contributed by atoms with van der Waals surface area (Å²) in [4.78, 5) is 16.9. The maximum atomic E-state index is 13.0. The van der Waals surface area contributed by atoms with Crippen LogP contribution in [-0.2, 0) is 24.8 Å². The molecule has 1 heterocycles. The Kier molecular flexibility index (Phi) is 7.57. The van der Waals surface area contributed by atoms with Crippen molar-refractivity contribution in [1.29, 1.82) is 0 Å². The molecule has 2 N–H and O–H groups in total. The van der Waals surface area contributed by atoms with Gasteiger partial charge in [0.25, 0.3) is 10.0 Å². The molecule has 1 atom stereocenters. The van der Waals surface area contributed by atoms with E-state index in [1.54, 1.807) is 43.3 Å². The number of pyridine rings is 1. The Hall–Kier alpha value is -3.44. The SMILES string of the molecule is CCC(C(=O)Nc1ccc(S(=O)(=O)Nc2cccnc2)cc1)N(c1ccc(C)cc1)S(C)(=O)=O. The van der Waals surface area contributed by atoms with E-state index in [9.17, 15) is 21.6 Å². The highest BCUT2D eigenvalue weighted by atomic mass is 32.2. The van der Waals surface area contributed by atoms with Gasteiger partial charge in [-0.25, -0.2) is 16.8 Å². The average molecular weight is 503 g/mol. The van der Waals surface area contributed by atoms with Crippen LogP contribution in [0.1, 0.15) is 18.9 Å². The number of rotatable bonds is 9. The Morgan fingerprint density at radius 3 is 2.15 bits per heavy atom. The van der Waals surface area contributed by atoms with Crippen LogP contribution in [0.3, 0.4) is 0 Å². The van der Waals surface area contributed by atoms with Crippen molar-refractivity contribution in [2.24, 2.45) is 0 Å². The first-order valence-electron chi connectivity index (χ1n) is 10.4. The third-order valence-corrected chi connectivity index (χ3v) is 7.54. The molecule has 2 aromatic carbocycles. The fourth-order valence-corrected chi connectivity index (χ4v) is 5.59. The molecule has 34 heavy (non-hydrogen) atoms. The van der Waals surface area contributed by atoms with Crippen LogP contribution in [0.4, 0.5) is 17.1 Å². The van der Waals surface area contributed by atoms with E-state index in [-0.39, 0.29) is 11.3 Å². The van der Waals surface area contributed by atoms with Gasteiger partial charge in [0, 0.05) is 11.9 Å². The van der Waals surface area contributed by atoms with Crippen LogP contribution < -0.4 is 14.3 Å². The molecular formula is C23H26N4O5S2. The Bertz CT molecular complexity index is 1340. The number of aromatic nitrogens is 1. The molecule has 0 aliphatic carbocycles. The van der Waals surface area contributed by atoms with E-state index in [1.807, 2.05) is 6.92 Å². The van der Waals surface area contributed by atoms with E-state index in [1.165, 1.54) is 36.7 Å². The van der Waals surface area contributed by atoms with E-state index in [0.717, 1.165) is 16.1 Å². The predicted octanol–water partition coefficient (Wildman–Crippen LogP) is 3.37. The second-order valence-electron chi connectivity index (χ2n) is 7.68. The summed E-state index contributed by atoms with van der Waals surface area (Å²) in [5, 5.41) is 2.68. The lowest BCUT2D eigenvalue weighted by atomic mass is 10.1. The molecule has 0 aliphatic heterocycles. The Balaban J connectivity index is 1.79. The number of carbonyl (C=O) groups excluding carboxylic acids is 1. The van der Waals surface area contributed by atoms with Crippen molar-refractivity contribution in [1.82, 2.24) is 4.98 Å². The lowest BCUT2D eigenvalue weighted by Gasteiger charge is -2.30. The van der Waals surface area contributed by atoms with Crippen molar-refractivity contribution in [3.63, 3.8) is 0 Å². The summed E-state index contributed by atoms with van der Waals surface area (Å²) in [5.74, 6) is -0.530. The van der Waals surface area contributed by atoms with Crippen LogP contribution >= 0.6 is 0 Å². The van der Waals surface area contributed by atoms with Gasteiger partial charge >= 0.3 is 0 Å². The molecule has 0 bridgehead atoms. The maximum Gasteiger partial charge on any atom is 0.261 e. The van der Waals surface area contributed by atoms with Gasteiger partial charge in [0.15, 0.2) is 0 Å². The van der Waals surface area contributed by atoms with E-state index in [2.05, 4.69) is 15.0 Å². The summed E-state index contributed by atoms with van der Waals surface area (Å²) in [6.07, 6.45) is 4.20. The normalized spacial score (nSPS) is 12.6. The monoisotopic (exact) mass is 502 g/mol. The summed E-state index contributed by atoms with van der Waals surface area (Å²) >= 11 is 0. The molecule has 1 unspecified atom stereocenters. The standard InChI is InChI=1S/C23H26N4O5S2/c1-4-22(27(33(3,29)30)20-11-7-17(2)8-12-20)23(28)25-18-9-13-21(14-10-18)34(31,32)26-19-6-5-15-24-16-19/h5-16,22,26H,4H2,1-3H3,(H,25,28). The van der Waals surface area contributed by atoms with Crippen molar-refractivity contribution in [2.45, 2.75) is 31.2 Å². The summed E-state index contributed by atoms with van der Waals surface area (Å²) in [7, 11) is -7.60. The molecule has 1 amide bonds. The average Bonchev–Trinajstić information content (AvgIpc) is 2.78. The largest absolute Gasteiger partial charge is 0.324 e. The van der Waals surface area contributed by atoms with Gasteiger partial charge < -0.3 is 5.32 Å². The van der Waals surface area contributed by atoms with Crippen molar-refractivity contribution in [2.75, 3.05) is 20.6 Å². The Labute approximate surface area is 199 Å². The zero-order valence-corrected chi connectivity index (χ0v) is 20.6. The molecular weight excluding hydrogens is 476 g/mol.